The summed E-state index contributed by atoms with van der Waals surface area (Å²) in [6.07, 6.45) is 1.72. The molecule has 4 rings (SSSR count). The largest absolute Gasteiger partial charge is 0.379 e. The monoisotopic (exact) mass is 356 g/mol. The molecule has 1 N–H and O–H groups in total. The van der Waals surface area contributed by atoms with Crippen LogP contribution >= 0.6 is 0 Å². The van der Waals surface area contributed by atoms with E-state index in [4.69, 9.17) is 4.74 Å². The fourth-order valence-electron chi connectivity index (χ4n) is 3.25. The predicted molar refractivity (Wildman–Crippen MR) is 96.8 cm³/mol. The van der Waals surface area contributed by atoms with Crippen LogP contribution in [0.15, 0.2) is 41.2 Å². The van der Waals surface area contributed by atoms with Crippen molar-refractivity contribution in [2.24, 2.45) is 0 Å². The standard InChI is InChI=1S/C19H21FN4O2/c20-15-5-3-14(4-6-15)17-13-18-21-16(12-19(25)24(18)22-17)2-1-7-23-8-10-26-11-9-23/h3-6,12-13,22H,1-2,7-11H2. The van der Waals surface area contributed by atoms with Crippen molar-refractivity contribution in [1.82, 2.24) is 19.5 Å². The molecule has 1 aliphatic heterocycles. The number of hydrogen-bond acceptors (Lipinski definition) is 4. The summed E-state index contributed by atoms with van der Waals surface area (Å²) in [5.41, 5.74) is 2.79. The van der Waals surface area contributed by atoms with E-state index in [-0.39, 0.29) is 11.4 Å². The SMILES string of the molecule is O=c1cc(CCCN2CCOCC2)nc2cc(-c3ccc(F)cc3)[nH]n12. The lowest BCUT2D eigenvalue weighted by molar-refractivity contribution is 0.0374. The van der Waals surface area contributed by atoms with E-state index in [1.807, 2.05) is 6.07 Å². The van der Waals surface area contributed by atoms with Crippen LogP contribution < -0.4 is 5.56 Å². The number of aromatic amines is 1. The number of hydrogen-bond donors (Lipinski definition) is 1. The Bertz CT molecular complexity index is 942. The molecule has 1 aliphatic rings. The van der Waals surface area contributed by atoms with Crippen molar-refractivity contribution >= 4 is 5.65 Å². The van der Waals surface area contributed by atoms with E-state index in [1.165, 1.54) is 16.6 Å². The summed E-state index contributed by atoms with van der Waals surface area (Å²) < 4.78 is 19.9. The summed E-state index contributed by atoms with van der Waals surface area (Å²) in [7, 11) is 0. The number of rotatable bonds is 5. The summed E-state index contributed by atoms with van der Waals surface area (Å²) in [5.74, 6) is -0.289. The highest BCUT2D eigenvalue weighted by molar-refractivity contribution is 5.63. The molecule has 0 bridgehead atoms. The summed E-state index contributed by atoms with van der Waals surface area (Å²) in [6, 6.07) is 9.54. The Balaban J connectivity index is 1.50. The number of halogens is 1. The molecule has 3 aromatic rings. The van der Waals surface area contributed by atoms with Crippen molar-refractivity contribution in [2.75, 3.05) is 32.8 Å². The van der Waals surface area contributed by atoms with Gasteiger partial charge in [-0.2, -0.15) is 0 Å². The van der Waals surface area contributed by atoms with Crippen molar-refractivity contribution in [1.29, 1.82) is 0 Å². The van der Waals surface area contributed by atoms with Crippen LogP contribution in [-0.2, 0) is 11.2 Å². The Kier molecular flexibility index (Phi) is 4.81. The first-order chi connectivity index (χ1) is 12.7. The van der Waals surface area contributed by atoms with E-state index in [2.05, 4.69) is 15.0 Å². The summed E-state index contributed by atoms with van der Waals surface area (Å²) in [4.78, 5) is 19.3. The van der Waals surface area contributed by atoms with Crippen molar-refractivity contribution in [3.8, 4) is 11.3 Å². The lowest BCUT2D eigenvalue weighted by Crippen LogP contribution is -2.37. The second kappa shape index (κ2) is 7.39. The van der Waals surface area contributed by atoms with E-state index in [9.17, 15) is 9.18 Å². The number of aromatic nitrogens is 3. The second-order valence-electron chi connectivity index (χ2n) is 6.51. The Morgan fingerprint density at radius 1 is 1.15 bits per heavy atom. The topological polar surface area (TPSA) is 62.6 Å². The van der Waals surface area contributed by atoms with Gasteiger partial charge >= 0.3 is 0 Å². The lowest BCUT2D eigenvalue weighted by atomic mass is 10.1. The van der Waals surface area contributed by atoms with Crippen LogP contribution in [0.2, 0.25) is 0 Å². The number of H-pyrrole nitrogens is 1. The van der Waals surface area contributed by atoms with Gasteiger partial charge in [-0.15, -0.1) is 0 Å². The van der Waals surface area contributed by atoms with Crippen molar-refractivity contribution in [3.05, 3.63) is 58.3 Å². The van der Waals surface area contributed by atoms with E-state index in [0.29, 0.717) is 5.65 Å². The number of benzene rings is 1. The van der Waals surface area contributed by atoms with E-state index >= 15 is 0 Å². The highest BCUT2D eigenvalue weighted by Gasteiger charge is 2.11. The highest BCUT2D eigenvalue weighted by atomic mass is 19.1. The maximum Gasteiger partial charge on any atom is 0.272 e. The zero-order valence-corrected chi connectivity index (χ0v) is 14.4. The molecule has 0 atom stereocenters. The fraction of sp³-hybridized carbons (Fsp3) is 0.368. The molecule has 0 saturated carbocycles. The molecule has 0 amide bonds. The summed E-state index contributed by atoms with van der Waals surface area (Å²) >= 11 is 0. The number of aryl methyl sites for hydroxylation is 1. The third kappa shape index (κ3) is 3.68. The zero-order chi connectivity index (χ0) is 17.9. The van der Waals surface area contributed by atoms with Gasteiger partial charge in [-0.1, -0.05) is 0 Å². The first kappa shape index (κ1) is 16.9. The van der Waals surface area contributed by atoms with Gasteiger partial charge in [0.05, 0.1) is 18.9 Å². The first-order valence-electron chi connectivity index (χ1n) is 8.87. The number of nitrogens with one attached hydrogen (secondary N) is 1. The average molecular weight is 356 g/mol. The van der Waals surface area contributed by atoms with Gasteiger partial charge in [0.25, 0.3) is 5.56 Å². The third-order valence-electron chi connectivity index (χ3n) is 4.67. The van der Waals surface area contributed by atoms with Gasteiger partial charge in [0, 0.05) is 30.9 Å². The van der Waals surface area contributed by atoms with E-state index in [0.717, 1.165) is 62.6 Å². The molecule has 6 nitrogen and oxygen atoms in total. The summed E-state index contributed by atoms with van der Waals surface area (Å²) in [6.45, 7) is 4.50. The molecule has 136 valence electrons. The molecule has 3 heterocycles. The molecule has 1 aromatic carbocycles. The van der Waals surface area contributed by atoms with Crippen LogP contribution in [0, 0.1) is 5.82 Å². The molecular weight excluding hydrogens is 335 g/mol. The van der Waals surface area contributed by atoms with Gasteiger partial charge in [-0.05, 0) is 49.2 Å². The Morgan fingerprint density at radius 2 is 1.92 bits per heavy atom. The van der Waals surface area contributed by atoms with E-state index < -0.39 is 0 Å². The second-order valence-corrected chi connectivity index (χ2v) is 6.51. The third-order valence-corrected chi connectivity index (χ3v) is 4.67. The molecule has 26 heavy (non-hydrogen) atoms. The van der Waals surface area contributed by atoms with E-state index in [1.54, 1.807) is 18.2 Å². The molecule has 0 aliphatic carbocycles. The van der Waals surface area contributed by atoms with Crippen LogP contribution in [0.4, 0.5) is 4.39 Å². The van der Waals surface area contributed by atoms with Crippen LogP contribution in [0.1, 0.15) is 12.1 Å². The molecule has 7 heteroatoms. The maximum atomic E-state index is 13.1. The smallest absolute Gasteiger partial charge is 0.272 e. The van der Waals surface area contributed by atoms with Gasteiger partial charge in [0.2, 0.25) is 0 Å². The average Bonchev–Trinajstić information content (AvgIpc) is 3.08. The molecule has 1 fully saturated rings. The number of nitrogens with zero attached hydrogens (tertiary/aromatic N) is 3. The molecular formula is C19H21FN4O2. The minimum Gasteiger partial charge on any atom is -0.379 e. The molecule has 0 spiro atoms. The van der Waals surface area contributed by atoms with Gasteiger partial charge in [0.1, 0.15) is 5.82 Å². The Labute approximate surface area is 150 Å². The normalized spacial score (nSPS) is 15.6. The number of ether oxygens (including phenoxy) is 1. The summed E-state index contributed by atoms with van der Waals surface area (Å²) in [5, 5.41) is 3.03. The number of fused-ring (bicyclic) bond motifs is 1. The van der Waals surface area contributed by atoms with Crippen LogP contribution in [-0.4, -0.2) is 52.3 Å². The predicted octanol–water partition coefficient (Wildman–Crippen LogP) is 2.09. The van der Waals surface area contributed by atoms with Crippen LogP contribution in [0.25, 0.3) is 16.9 Å². The molecule has 0 radical (unpaired) electrons. The van der Waals surface area contributed by atoms with Crippen molar-refractivity contribution in [2.45, 2.75) is 12.8 Å². The van der Waals surface area contributed by atoms with Gasteiger partial charge in [-0.3, -0.25) is 14.8 Å². The molecule has 0 unspecified atom stereocenters. The van der Waals surface area contributed by atoms with Gasteiger partial charge in [0.15, 0.2) is 5.65 Å². The fourth-order valence-corrected chi connectivity index (χ4v) is 3.25. The lowest BCUT2D eigenvalue weighted by Gasteiger charge is -2.26. The minimum absolute atomic E-state index is 0.135. The quantitative estimate of drug-likeness (QED) is 0.760. The van der Waals surface area contributed by atoms with Gasteiger partial charge in [-0.25, -0.2) is 13.9 Å². The minimum atomic E-state index is -0.289. The zero-order valence-electron chi connectivity index (χ0n) is 14.4. The molecule has 1 saturated heterocycles. The molecule has 2 aromatic heterocycles. The Hall–Kier alpha value is -2.51. The van der Waals surface area contributed by atoms with Crippen molar-refractivity contribution in [3.63, 3.8) is 0 Å². The number of morpholine rings is 1. The first-order valence-corrected chi connectivity index (χ1v) is 8.87. The highest BCUT2D eigenvalue weighted by Crippen LogP contribution is 2.19. The maximum absolute atomic E-state index is 13.1. The Morgan fingerprint density at radius 3 is 2.69 bits per heavy atom. The van der Waals surface area contributed by atoms with Crippen molar-refractivity contribution < 1.29 is 9.13 Å². The van der Waals surface area contributed by atoms with Crippen LogP contribution in [0.5, 0.6) is 0 Å². The van der Waals surface area contributed by atoms with Gasteiger partial charge < -0.3 is 4.74 Å². The van der Waals surface area contributed by atoms with Crippen LogP contribution in [0.3, 0.4) is 0 Å².